The molecule has 0 bridgehead atoms. The van der Waals surface area contributed by atoms with Crippen molar-refractivity contribution in [1.29, 1.82) is 0 Å². The highest BCUT2D eigenvalue weighted by Crippen LogP contribution is 2.28. The molecule has 5 nitrogen and oxygen atoms in total. The molecule has 2 aromatic carbocycles. The normalized spacial score (nSPS) is 16.9. The molecule has 27 heavy (non-hydrogen) atoms. The quantitative estimate of drug-likeness (QED) is 0.599. The number of hydrogen-bond donors (Lipinski definition) is 1. The number of nitrogens with zero attached hydrogens (tertiary/aromatic N) is 3. The molecule has 1 N–H and O–H groups in total. The lowest BCUT2D eigenvalue weighted by atomic mass is 9.86. The fourth-order valence-corrected chi connectivity index (χ4v) is 3.64. The van der Waals surface area contributed by atoms with Gasteiger partial charge in [0.2, 0.25) is 5.95 Å². The van der Waals surface area contributed by atoms with Crippen LogP contribution in [-0.4, -0.2) is 25.5 Å². The molecule has 1 aliphatic carbocycles. The molecule has 5 heteroatoms. The molecule has 0 aliphatic heterocycles. The van der Waals surface area contributed by atoms with Gasteiger partial charge in [-0.15, -0.1) is 0 Å². The van der Waals surface area contributed by atoms with Gasteiger partial charge in [-0.3, -0.25) is 4.79 Å². The van der Waals surface area contributed by atoms with Crippen LogP contribution in [0.25, 0.3) is 23.1 Å². The number of nitrogens with one attached hydrogen (secondary N) is 1. The van der Waals surface area contributed by atoms with Crippen molar-refractivity contribution in [2.45, 2.75) is 12.8 Å². The summed E-state index contributed by atoms with van der Waals surface area (Å²) in [6, 6.07) is 18.0. The summed E-state index contributed by atoms with van der Waals surface area (Å²) in [5.41, 5.74) is 4.62. The Morgan fingerprint density at radius 2 is 1.85 bits per heavy atom. The summed E-state index contributed by atoms with van der Waals surface area (Å²) in [7, 11) is 0. The maximum atomic E-state index is 12.6. The van der Waals surface area contributed by atoms with Gasteiger partial charge in [0.15, 0.2) is 5.78 Å². The minimum Gasteiger partial charge on any atom is -0.322 e. The molecule has 132 valence electrons. The lowest BCUT2D eigenvalue weighted by molar-refractivity contribution is 0.0958. The second-order valence-electron chi connectivity index (χ2n) is 6.86. The minimum absolute atomic E-state index is 0.140. The SMILES string of the molecule is O=C1CC(/C=C/c2ccccc2)Cc2c1cnn2-c1nc2ccccc2[nH]1. The smallest absolute Gasteiger partial charge is 0.229 e. The van der Waals surface area contributed by atoms with Crippen molar-refractivity contribution < 1.29 is 4.79 Å². The van der Waals surface area contributed by atoms with Gasteiger partial charge in [-0.2, -0.15) is 5.10 Å². The summed E-state index contributed by atoms with van der Waals surface area (Å²) in [4.78, 5) is 20.5. The van der Waals surface area contributed by atoms with Crippen molar-refractivity contribution in [1.82, 2.24) is 19.7 Å². The highest BCUT2D eigenvalue weighted by atomic mass is 16.1. The topological polar surface area (TPSA) is 63.6 Å². The number of imidazole rings is 1. The molecule has 0 radical (unpaired) electrons. The van der Waals surface area contributed by atoms with E-state index < -0.39 is 0 Å². The Labute approximate surface area is 156 Å². The molecule has 1 aliphatic rings. The fraction of sp³-hybridized carbons (Fsp3) is 0.136. The first-order valence-electron chi connectivity index (χ1n) is 9.06. The molecule has 0 saturated carbocycles. The van der Waals surface area contributed by atoms with Crippen LogP contribution in [0.5, 0.6) is 0 Å². The Hall–Kier alpha value is -3.47. The average molecular weight is 354 g/mol. The van der Waals surface area contributed by atoms with Crippen LogP contribution in [0.2, 0.25) is 0 Å². The Morgan fingerprint density at radius 3 is 2.70 bits per heavy atom. The number of ketones is 1. The van der Waals surface area contributed by atoms with E-state index in [9.17, 15) is 4.79 Å². The van der Waals surface area contributed by atoms with Crippen molar-refractivity contribution >= 4 is 22.9 Å². The zero-order chi connectivity index (χ0) is 18.2. The van der Waals surface area contributed by atoms with Gasteiger partial charge in [-0.05, 0) is 30.0 Å². The number of aromatic amines is 1. The summed E-state index contributed by atoms with van der Waals surface area (Å²) >= 11 is 0. The maximum Gasteiger partial charge on any atom is 0.229 e. The van der Waals surface area contributed by atoms with Crippen LogP contribution in [0.15, 0.2) is 66.9 Å². The number of carbonyl (C=O) groups excluding carboxylic acids is 1. The Bertz CT molecular complexity index is 1120. The number of para-hydroxylation sites is 2. The summed E-state index contributed by atoms with van der Waals surface area (Å²) in [5, 5.41) is 4.44. The van der Waals surface area contributed by atoms with Crippen LogP contribution in [0.1, 0.15) is 28.0 Å². The summed E-state index contributed by atoms with van der Waals surface area (Å²) in [6.45, 7) is 0. The second-order valence-corrected chi connectivity index (χ2v) is 6.86. The molecule has 1 unspecified atom stereocenters. The van der Waals surface area contributed by atoms with E-state index in [2.05, 4.69) is 39.4 Å². The summed E-state index contributed by atoms with van der Waals surface area (Å²) in [5.74, 6) is 0.948. The fourth-order valence-electron chi connectivity index (χ4n) is 3.64. The van der Waals surface area contributed by atoms with Gasteiger partial charge in [-0.1, -0.05) is 54.6 Å². The van der Waals surface area contributed by atoms with Gasteiger partial charge >= 0.3 is 0 Å². The van der Waals surface area contributed by atoms with E-state index in [1.54, 1.807) is 10.9 Å². The molecule has 0 saturated heterocycles. The van der Waals surface area contributed by atoms with Crippen molar-refractivity contribution in [3.05, 3.63) is 83.7 Å². The maximum absolute atomic E-state index is 12.6. The molecule has 2 aromatic heterocycles. The molecule has 4 aromatic rings. The lowest BCUT2D eigenvalue weighted by Gasteiger charge is -2.19. The lowest BCUT2D eigenvalue weighted by Crippen LogP contribution is -2.20. The Balaban J connectivity index is 1.48. The van der Waals surface area contributed by atoms with E-state index in [1.165, 1.54) is 0 Å². The van der Waals surface area contributed by atoms with Gasteiger partial charge in [-0.25, -0.2) is 9.67 Å². The van der Waals surface area contributed by atoms with Gasteiger partial charge in [0.1, 0.15) is 0 Å². The molecule has 5 rings (SSSR count). The summed E-state index contributed by atoms with van der Waals surface area (Å²) in [6.07, 6.45) is 7.17. The molecular weight excluding hydrogens is 336 g/mol. The van der Waals surface area contributed by atoms with Crippen LogP contribution in [-0.2, 0) is 6.42 Å². The number of allylic oxidation sites excluding steroid dienone is 1. The van der Waals surface area contributed by atoms with Gasteiger partial charge in [0.25, 0.3) is 0 Å². The van der Waals surface area contributed by atoms with E-state index in [0.717, 1.165) is 28.7 Å². The first-order valence-corrected chi connectivity index (χ1v) is 9.06. The highest BCUT2D eigenvalue weighted by Gasteiger charge is 2.28. The van der Waals surface area contributed by atoms with Crippen molar-refractivity contribution in [3.63, 3.8) is 0 Å². The van der Waals surface area contributed by atoms with Crippen LogP contribution < -0.4 is 0 Å². The van der Waals surface area contributed by atoms with Gasteiger partial charge < -0.3 is 4.98 Å². The van der Waals surface area contributed by atoms with Crippen molar-refractivity contribution in [3.8, 4) is 5.95 Å². The first kappa shape index (κ1) is 15.8. The van der Waals surface area contributed by atoms with Crippen molar-refractivity contribution in [2.24, 2.45) is 5.92 Å². The largest absolute Gasteiger partial charge is 0.322 e. The monoisotopic (exact) mass is 354 g/mol. The molecule has 0 spiro atoms. The standard InChI is InChI=1S/C22H18N4O/c27-21-13-16(11-10-15-6-2-1-3-7-15)12-20-17(21)14-23-26(20)22-24-18-8-4-5-9-19(18)25-22/h1-11,14,16H,12-13H2,(H,24,25)/b11-10+. The Kier molecular flexibility index (Phi) is 3.71. The number of Topliss-reactive ketones (excluding diaryl/α,β-unsaturated/α-hetero) is 1. The molecule has 0 amide bonds. The van der Waals surface area contributed by atoms with E-state index in [0.29, 0.717) is 17.9 Å². The third kappa shape index (κ3) is 2.87. The number of H-pyrrole nitrogens is 1. The Morgan fingerprint density at radius 1 is 1.04 bits per heavy atom. The van der Waals surface area contributed by atoms with Gasteiger partial charge in [0.05, 0.1) is 28.5 Å². The van der Waals surface area contributed by atoms with Crippen LogP contribution in [0, 0.1) is 5.92 Å². The zero-order valence-electron chi connectivity index (χ0n) is 14.7. The number of carbonyl (C=O) groups is 1. The number of aromatic nitrogens is 4. The van der Waals surface area contributed by atoms with Crippen LogP contribution >= 0.6 is 0 Å². The van der Waals surface area contributed by atoms with E-state index >= 15 is 0 Å². The predicted octanol–water partition coefficient (Wildman–Crippen LogP) is 4.21. The van der Waals surface area contributed by atoms with Gasteiger partial charge in [0, 0.05) is 6.42 Å². The number of benzene rings is 2. The zero-order valence-corrected chi connectivity index (χ0v) is 14.7. The third-order valence-electron chi connectivity index (χ3n) is 5.01. The number of hydrogen-bond acceptors (Lipinski definition) is 3. The third-order valence-corrected chi connectivity index (χ3v) is 5.01. The first-order chi connectivity index (χ1) is 13.3. The van der Waals surface area contributed by atoms with E-state index in [-0.39, 0.29) is 11.7 Å². The molecule has 1 atom stereocenters. The highest BCUT2D eigenvalue weighted by molar-refractivity contribution is 5.98. The molecular formula is C22H18N4O. The summed E-state index contributed by atoms with van der Waals surface area (Å²) < 4.78 is 1.77. The van der Waals surface area contributed by atoms with Crippen LogP contribution in [0.4, 0.5) is 0 Å². The minimum atomic E-state index is 0.140. The number of rotatable bonds is 3. The van der Waals surface area contributed by atoms with E-state index in [4.69, 9.17) is 0 Å². The predicted molar refractivity (Wildman–Crippen MR) is 105 cm³/mol. The molecule has 0 fully saturated rings. The average Bonchev–Trinajstić information content (AvgIpc) is 3.31. The van der Waals surface area contributed by atoms with E-state index in [1.807, 2.05) is 42.5 Å². The second kappa shape index (κ2) is 6.36. The van der Waals surface area contributed by atoms with Crippen molar-refractivity contribution in [2.75, 3.05) is 0 Å². The van der Waals surface area contributed by atoms with Crippen LogP contribution in [0.3, 0.4) is 0 Å². The number of fused-ring (bicyclic) bond motifs is 2. The molecule has 2 heterocycles.